The first-order valence-corrected chi connectivity index (χ1v) is 5.39. The highest BCUT2D eigenvalue weighted by atomic mass is 16.5. The highest BCUT2D eigenvalue weighted by molar-refractivity contribution is 6.35. The second-order valence-corrected chi connectivity index (χ2v) is 3.82. The van der Waals surface area contributed by atoms with Crippen LogP contribution in [-0.4, -0.2) is 28.4 Å². The minimum atomic E-state index is -1.09. The molecular weight excluding hydrogens is 250 g/mol. The van der Waals surface area contributed by atoms with Crippen molar-refractivity contribution in [1.29, 1.82) is 0 Å². The molecule has 1 heterocycles. The van der Waals surface area contributed by atoms with Crippen molar-refractivity contribution in [2.24, 2.45) is 5.73 Å². The molecule has 98 valence electrons. The average molecular weight is 261 g/mol. The molecule has 1 amide bonds. The number of methoxy groups -OCH3 is 1. The van der Waals surface area contributed by atoms with Crippen molar-refractivity contribution in [3.8, 4) is 5.75 Å². The number of aromatic nitrogens is 2. The minimum absolute atomic E-state index is 0.254. The Labute approximate surface area is 107 Å². The van der Waals surface area contributed by atoms with Crippen molar-refractivity contribution in [2.75, 3.05) is 7.11 Å². The number of carbonyl (C=O) groups excluding carboxylic acids is 2. The normalized spacial score (nSPS) is 10.4. The van der Waals surface area contributed by atoms with Crippen molar-refractivity contribution < 1.29 is 14.3 Å². The zero-order valence-electron chi connectivity index (χ0n) is 10.1. The fourth-order valence-corrected chi connectivity index (χ4v) is 1.69. The number of rotatable bonds is 4. The number of nitrogens with zero attached hydrogens (tertiary/aromatic N) is 2. The van der Waals surface area contributed by atoms with Gasteiger partial charge in [0.25, 0.3) is 11.5 Å². The van der Waals surface area contributed by atoms with Crippen LogP contribution in [0.5, 0.6) is 5.75 Å². The van der Waals surface area contributed by atoms with Gasteiger partial charge in [0.15, 0.2) is 0 Å². The zero-order chi connectivity index (χ0) is 14.0. The van der Waals surface area contributed by atoms with E-state index in [1.165, 1.54) is 13.4 Å². The first kappa shape index (κ1) is 12.7. The van der Waals surface area contributed by atoms with Crippen LogP contribution in [0.15, 0.2) is 29.3 Å². The third-order valence-electron chi connectivity index (χ3n) is 2.62. The van der Waals surface area contributed by atoms with E-state index < -0.39 is 23.8 Å². The molecule has 0 radical (unpaired) electrons. The molecule has 1 aromatic carbocycles. The number of hydrogen-bond donors (Lipinski definition) is 1. The van der Waals surface area contributed by atoms with Crippen LogP contribution in [0.4, 0.5) is 0 Å². The van der Waals surface area contributed by atoms with Crippen LogP contribution in [0.3, 0.4) is 0 Å². The molecule has 2 rings (SSSR count). The summed E-state index contributed by atoms with van der Waals surface area (Å²) in [5, 5.41) is 0.254. The minimum Gasteiger partial charge on any atom is -0.496 e. The van der Waals surface area contributed by atoms with Gasteiger partial charge < -0.3 is 10.5 Å². The number of amides is 1. The first-order chi connectivity index (χ1) is 9.04. The van der Waals surface area contributed by atoms with Gasteiger partial charge in [0, 0.05) is 0 Å². The molecule has 0 aliphatic carbocycles. The van der Waals surface area contributed by atoms with Crippen LogP contribution < -0.4 is 16.0 Å². The van der Waals surface area contributed by atoms with E-state index in [9.17, 15) is 14.4 Å². The Hall–Kier alpha value is -2.70. The topological polar surface area (TPSA) is 104 Å². The van der Waals surface area contributed by atoms with Gasteiger partial charge in [-0.05, 0) is 12.1 Å². The van der Waals surface area contributed by atoms with Gasteiger partial charge in [0.1, 0.15) is 11.1 Å². The van der Waals surface area contributed by atoms with E-state index in [1.54, 1.807) is 18.2 Å². The smallest absolute Gasteiger partial charge is 0.286 e. The van der Waals surface area contributed by atoms with Gasteiger partial charge in [-0.2, -0.15) is 0 Å². The summed E-state index contributed by atoms with van der Waals surface area (Å²) in [6.45, 7) is -0.435. The standard InChI is InChI=1S/C12H11N3O4/c1-19-9-4-2-3-7-10(9)12(18)15(6-14-7)5-8(16)11(13)17/h2-4,6H,5H2,1H3,(H2,13,17). The number of fused-ring (bicyclic) bond motifs is 1. The van der Waals surface area contributed by atoms with Crippen molar-refractivity contribution in [3.05, 3.63) is 34.9 Å². The molecule has 2 aromatic rings. The molecule has 1 aromatic heterocycles. The van der Waals surface area contributed by atoms with Crippen LogP contribution in [-0.2, 0) is 16.1 Å². The lowest BCUT2D eigenvalue weighted by Gasteiger charge is -2.07. The van der Waals surface area contributed by atoms with E-state index >= 15 is 0 Å². The predicted octanol–water partition coefficient (Wildman–Crippen LogP) is -0.541. The monoisotopic (exact) mass is 261 g/mol. The lowest BCUT2D eigenvalue weighted by molar-refractivity contribution is -0.136. The molecule has 0 aliphatic heterocycles. The number of benzene rings is 1. The SMILES string of the molecule is COc1cccc2ncn(CC(=O)C(N)=O)c(=O)c12. The molecule has 0 atom stereocenters. The van der Waals surface area contributed by atoms with E-state index in [0.29, 0.717) is 11.3 Å². The summed E-state index contributed by atoms with van der Waals surface area (Å²) in [7, 11) is 1.43. The van der Waals surface area contributed by atoms with E-state index in [4.69, 9.17) is 10.5 Å². The van der Waals surface area contributed by atoms with Crippen molar-refractivity contribution in [3.63, 3.8) is 0 Å². The molecule has 0 bridgehead atoms. The fourth-order valence-electron chi connectivity index (χ4n) is 1.69. The molecule has 0 aliphatic rings. The van der Waals surface area contributed by atoms with Crippen LogP contribution in [0.1, 0.15) is 0 Å². The number of primary amides is 1. The number of ether oxygens (including phenoxy) is 1. The third kappa shape index (κ3) is 2.30. The molecule has 19 heavy (non-hydrogen) atoms. The molecule has 2 N–H and O–H groups in total. The van der Waals surface area contributed by atoms with Crippen LogP contribution in [0, 0.1) is 0 Å². The van der Waals surface area contributed by atoms with Gasteiger partial charge in [-0.25, -0.2) is 4.98 Å². The molecule has 0 saturated carbocycles. The summed E-state index contributed by atoms with van der Waals surface area (Å²) < 4.78 is 6.11. The average Bonchev–Trinajstić information content (AvgIpc) is 2.41. The number of hydrogen-bond acceptors (Lipinski definition) is 5. The Morgan fingerprint density at radius 3 is 2.79 bits per heavy atom. The Bertz CT molecular complexity index is 720. The lowest BCUT2D eigenvalue weighted by Crippen LogP contribution is -2.32. The number of Topliss-reactive ketones (excluding diaryl/α,β-unsaturated/α-hetero) is 1. The first-order valence-electron chi connectivity index (χ1n) is 5.39. The third-order valence-corrected chi connectivity index (χ3v) is 2.62. The van der Waals surface area contributed by atoms with Gasteiger partial charge in [-0.1, -0.05) is 6.07 Å². The number of ketones is 1. The summed E-state index contributed by atoms with van der Waals surface area (Å²) >= 11 is 0. The van der Waals surface area contributed by atoms with Crippen LogP contribution in [0.2, 0.25) is 0 Å². The molecule has 0 saturated heterocycles. The summed E-state index contributed by atoms with van der Waals surface area (Å²) in [6, 6.07) is 4.97. The van der Waals surface area contributed by atoms with Crippen molar-refractivity contribution in [2.45, 2.75) is 6.54 Å². The maximum Gasteiger partial charge on any atom is 0.286 e. The molecule has 7 nitrogen and oxygen atoms in total. The highest BCUT2D eigenvalue weighted by Crippen LogP contribution is 2.19. The largest absolute Gasteiger partial charge is 0.496 e. The van der Waals surface area contributed by atoms with E-state index in [1.807, 2.05) is 0 Å². The quantitative estimate of drug-likeness (QED) is 0.744. The number of carbonyl (C=O) groups is 2. The summed E-state index contributed by atoms with van der Waals surface area (Å²) in [5.74, 6) is -1.60. The maximum atomic E-state index is 12.2. The fraction of sp³-hybridized carbons (Fsp3) is 0.167. The Morgan fingerprint density at radius 1 is 1.42 bits per heavy atom. The Kier molecular flexibility index (Phi) is 3.28. The molecule has 0 unspecified atom stereocenters. The van der Waals surface area contributed by atoms with Crippen molar-refractivity contribution >= 4 is 22.6 Å². The summed E-state index contributed by atoms with van der Waals surface area (Å²) in [5.41, 5.74) is 4.84. The van der Waals surface area contributed by atoms with Gasteiger partial charge in [-0.3, -0.25) is 19.0 Å². The maximum absolute atomic E-state index is 12.2. The van der Waals surface area contributed by atoms with Gasteiger partial charge in [0.2, 0.25) is 5.78 Å². The van der Waals surface area contributed by atoms with Crippen LogP contribution >= 0.6 is 0 Å². The Morgan fingerprint density at radius 2 is 2.16 bits per heavy atom. The molecule has 0 fully saturated rings. The van der Waals surface area contributed by atoms with Crippen molar-refractivity contribution in [1.82, 2.24) is 9.55 Å². The van der Waals surface area contributed by atoms with E-state index in [0.717, 1.165) is 4.57 Å². The summed E-state index contributed by atoms with van der Waals surface area (Å²) in [4.78, 5) is 38.2. The second-order valence-electron chi connectivity index (χ2n) is 3.82. The van der Waals surface area contributed by atoms with Gasteiger partial charge >= 0.3 is 0 Å². The van der Waals surface area contributed by atoms with Gasteiger partial charge in [0.05, 0.1) is 25.5 Å². The van der Waals surface area contributed by atoms with Crippen LogP contribution in [0.25, 0.3) is 10.9 Å². The predicted molar refractivity (Wildman–Crippen MR) is 66.8 cm³/mol. The zero-order valence-corrected chi connectivity index (χ0v) is 10.1. The highest BCUT2D eigenvalue weighted by Gasteiger charge is 2.14. The van der Waals surface area contributed by atoms with E-state index in [2.05, 4.69) is 4.98 Å². The lowest BCUT2D eigenvalue weighted by atomic mass is 10.2. The van der Waals surface area contributed by atoms with E-state index in [-0.39, 0.29) is 5.39 Å². The second kappa shape index (κ2) is 4.89. The van der Waals surface area contributed by atoms with Gasteiger partial charge in [-0.15, -0.1) is 0 Å². The Balaban J connectivity index is 2.60. The molecular formula is C12H11N3O4. The summed E-state index contributed by atoms with van der Waals surface area (Å²) in [6.07, 6.45) is 1.20. The number of nitrogens with two attached hydrogens (primary N) is 1. The molecule has 7 heteroatoms. The molecule has 0 spiro atoms.